The van der Waals surface area contributed by atoms with Gasteiger partial charge in [-0.1, -0.05) is 12.2 Å². The molecule has 2 aliphatic rings. The molecular weight excluding hydrogens is 352 g/mol. The first-order chi connectivity index (χ1) is 13.7. The summed E-state index contributed by atoms with van der Waals surface area (Å²) in [5.41, 5.74) is 1.45. The number of rotatable bonds is 4. The monoisotopic (exact) mass is 378 g/mol. The third kappa shape index (κ3) is 4.21. The Labute approximate surface area is 164 Å². The lowest BCUT2D eigenvalue weighted by Gasteiger charge is -2.34. The summed E-state index contributed by atoms with van der Waals surface area (Å²) in [5.74, 6) is 0.870. The van der Waals surface area contributed by atoms with Gasteiger partial charge in [0.2, 0.25) is 5.91 Å². The van der Waals surface area contributed by atoms with Gasteiger partial charge >= 0.3 is 0 Å². The molecule has 6 heteroatoms. The van der Waals surface area contributed by atoms with Crippen molar-refractivity contribution in [3.05, 3.63) is 59.4 Å². The van der Waals surface area contributed by atoms with Crippen LogP contribution in [0.4, 0.5) is 0 Å². The van der Waals surface area contributed by atoms with Crippen LogP contribution in [0.3, 0.4) is 0 Å². The van der Waals surface area contributed by atoms with E-state index >= 15 is 0 Å². The van der Waals surface area contributed by atoms with E-state index in [4.69, 9.17) is 0 Å². The topological polar surface area (TPSA) is 68.1 Å². The summed E-state index contributed by atoms with van der Waals surface area (Å²) < 4.78 is 1.69. The molecule has 1 fully saturated rings. The van der Waals surface area contributed by atoms with E-state index in [2.05, 4.69) is 22.1 Å². The predicted octanol–water partition coefficient (Wildman–Crippen LogP) is 2.90. The fourth-order valence-corrected chi connectivity index (χ4v) is 4.13. The Bertz CT molecular complexity index is 898. The summed E-state index contributed by atoms with van der Waals surface area (Å²) in [4.78, 5) is 35.7. The maximum atomic E-state index is 12.7. The van der Waals surface area contributed by atoms with E-state index in [0.29, 0.717) is 24.1 Å². The maximum absolute atomic E-state index is 12.7. The average molecular weight is 378 g/mol. The van der Waals surface area contributed by atoms with Crippen molar-refractivity contribution >= 4 is 5.91 Å². The van der Waals surface area contributed by atoms with E-state index in [0.717, 1.165) is 50.8 Å². The molecule has 1 aliphatic carbocycles. The van der Waals surface area contributed by atoms with Crippen LogP contribution < -0.4 is 5.56 Å². The van der Waals surface area contributed by atoms with Gasteiger partial charge in [-0.25, -0.2) is 4.98 Å². The van der Waals surface area contributed by atoms with Crippen molar-refractivity contribution in [2.75, 3.05) is 13.1 Å². The van der Waals surface area contributed by atoms with E-state index in [9.17, 15) is 9.59 Å². The van der Waals surface area contributed by atoms with Crippen LogP contribution in [-0.4, -0.2) is 38.4 Å². The summed E-state index contributed by atoms with van der Waals surface area (Å²) in [5, 5.41) is 0. The minimum atomic E-state index is -0.0404. The highest BCUT2D eigenvalue weighted by Gasteiger charge is 2.28. The molecule has 1 atom stereocenters. The Morgan fingerprint density at radius 3 is 2.71 bits per heavy atom. The predicted molar refractivity (Wildman–Crippen MR) is 108 cm³/mol. The first-order valence-corrected chi connectivity index (χ1v) is 10.1. The molecule has 2 aromatic heterocycles. The molecule has 3 heterocycles. The number of carbonyl (C=O) groups excluding carboxylic acids is 1. The molecule has 0 aromatic carbocycles. The smallest absolute Gasteiger partial charge is 0.253 e. The van der Waals surface area contributed by atoms with Gasteiger partial charge in [0.25, 0.3) is 5.56 Å². The molecule has 0 saturated carbocycles. The third-order valence-electron chi connectivity index (χ3n) is 5.84. The lowest BCUT2D eigenvalue weighted by atomic mass is 9.91. The molecule has 2 aromatic rings. The molecule has 0 bridgehead atoms. The van der Waals surface area contributed by atoms with Gasteiger partial charge in [0, 0.05) is 49.6 Å². The number of aromatic nitrogens is 3. The van der Waals surface area contributed by atoms with Gasteiger partial charge in [0.1, 0.15) is 0 Å². The van der Waals surface area contributed by atoms with Crippen molar-refractivity contribution in [3.63, 3.8) is 0 Å². The van der Waals surface area contributed by atoms with Crippen LogP contribution >= 0.6 is 0 Å². The second kappa shape index (κ2) is 8.50. The lowest BCUT2D eigenvalue weighted by molar-refractivity contribution is -0.137. The van der Waals surface area contributed by atoms with Crippen LogP contribution in [0.2, 0.25) is 0 Å². The first kappa shape index (κ1) is 18.6. The minimum Gasteiger partial charge on any atom is -0.342 e. The molecule has 0 N–H and O–H groups in total. The second-order valence-corrected chi connectivity index (χ2v) is 7.76. The molecule has 6 nitrogen and oxygen atoms in total. The first-order valence-electron chi connectivity index (χ1n) is 10.1. The van der Waals surface area contributed by atoms with E-state index < -0.39 is 0 Å². The van der Waals surface area contributed by atoms with Crippen molar-refractivity contribution in [3.8, 4) is 11.3 Å². The van der Waals surface area contributed by atoms with E-state index in [1.807, 2.05) is 17.0 Å². The number of hydrogen-bond donors (Lipinski definition) is 0. The third-order valence-corrected chi connectivity index (χ3v) is 5.84. The molecule has 146 valence electrons. The highest BCUT2D eigenvalue weighted by Crippen LogP contribution is 2.25. The van der Waals surface area contributed by atoms with Gasteiger partial charge in [-0.05, 0) is 50.2 Å². The highest BCUT2D eigenvalue weighted by molar-refractivity contribution is 5.79. The fourth-order valence-electron chi connectivity index (χ4n) is 4.13. The summed E-state index contributed by atoms with van der Waals surface area (Å²) >= 11 is 0. The van der Waals surface area contributed by atoms with Gasteiger partial charge in [-0.3, -0.25) is 19.1 Å². The Hall–Kier alpha value is -2.76. The number of nitrogens with zero attached hydrogens (tertiary/aromatic N) is 4. The number of hydrogen-bond acceptors (Lipinski definition) is 4. The summed E-state index contributed by atoms with van der Waals surface area (Å²) in [6, 6.07) is 5.31. The summed E-state index contributed by atoms with van der Waals surface area (Å²) in [6.07, 6.45) is 14.1. The van der Waals surface area contributed by atoms with Crippen molar-refractivity contribution in [1.29, 1.82) is 0 Å². The van der Waals surface area contributed by atoms with Crippen LogP contribution in [0.5, 0.6) is 0 Å². The van der Waals surface area contributed by atoms with Crippen LogP contribution in [0, 0.1) is 11.8 Å². The zero-order chi connectivity index (χ0) is 19.3. The van der Waals surface area contributed by atoms with E-state index in [1.54, 1.807) is 29.4 Å². The number of likely N-dealkylation sites (tertiary alicyclic amines) is 1. The zero-order valence-electron chi connectivity index (χ0n) is 16.0. The molecule has 1 unspecified atom stereocenters. The Balaban J connectivity index is 1.34. The number of pyridine rings is 1. The average Bonchev–Trinajstić information content (AvgIpc) is 2.76. The maximum Gasteiger partial charge on any atom is 0.253 e. The van der Waals surface area contributed by atoms with Crippen molar-refractivity contribution in [2.24, 2.45) is 11.8 Å². The van der Waals surface area contributed by atoms with E-state index in [-0.39, 0.29) is 11.5 Å². The van der Waals surface area contributed by atoms with Crippen LogP contribution in [-0.2, 0) is 11.3 Å². The van der Waals surface area contributed by atoms with Gasteiger partial charge < -0.3 is 4.90 Å². The SMILES string of the molecule is O=C(C1CC=CCC1)N1CCC(Cn2cnc(-c3cccnc3)cc2=O)CC1. The standard InChI is InChI=1S/C22H26N4O2/c27-21-13-20(19-7-4-10-23-14-19)24-16-26(21)15-17-8-11-25(12-9-17)22(28)18-5-2-1-3-6-18/h1-2,4,7,10,13-14,16-18H,3,5-6,8-9,11-12,15H2. The molecule has 0 spiro atoms. The molecule has 28 heavy (non-hydrogen) atoms. The van der Waals surface area contributed by atoms with E-state index in [1.165, 1.54) is 0 Å². The van der Waals surface area contributed by atoms with Gasteiger partial charge in [-0.15, -0.1) is 0 Å². The Kier molecular flexibility index (Phi) is 5.65. The van der Waals surface area contributed by atoms with Crippen LogP contribution in [0.1, 0.15) is 32.1 Å². The minimum absolute atomic E-state index is 0.0404. The molecule has 1 amide bonds. The Morgan fingerprint density at radius 1 is 1.18 bits per heavy atom. The molecule has 1 aliphatic heterocycles. The second-order valence-electron chi connectivity index (χ2n) is 7.76. The van der Waals surface area contributed by atoms with Crippen molar-refractivity contribution < 1.29 is 4.79 Å². The van der Waals surface area contributed by atoms with Crippen molar-refractivity contribution in [2.45, 2.75) is 38.6 Å². The van der Waals surface area contributed by atoms with Crippen LogP contribution in [0.15, 0.2) is 53.9 Å². The normalized spacial score (nSPS) is 20.3. The molecular formula is C22H26N4O2. The number of piperidine rings is 1. The number of allylic oxidation sites excluding steroid dienone is 2. The van der Waals surface area contributed by atoms with Gasteiger partial charge in [0.05, 0.1) is 12.0 Å². The summed E-state index contributed by atoms with van der Waals surface area (Å²) in [7, 11) is 0. The highest BCUT2D eigenvalue weighted by atomic mass is 16.2. The lowest BCUT2D eigenvalue weighted by Crippen LogP contribution is -2.43. The van der Waals surface area contributed by atoms with Gasteiger partial charge in [0.15, 0.2) is 0 Å². The zero-order valence-corrected chi connectivity index (χ0v) is 16.0. The largest absolute Gasteiger partial charge is 0.342 e. The molecule has 4 rings (SSSR count). The quantitative estimate of drug-likeness (QED) is 0.767. The Morgan fingerprint density at radius 2 is 2.04 bits per heavy atom. The van der Waals surface area contributed by atoms with Gasteiger partial charge in [-0.2, -0.15) is 0 Å². The molecule has 0 radical (unpaired) electrons. The fraction of sp³-hybridized carbons (Fsp3) is 0.455. The summed E-state index contributed by atoms with van der Waals surface area (Å²) in [6.45, 7) is 2.24. The molecule has 1 saturated heterocycles. The van der Waals surface area contributed by atoms with Crippen molar-refractivity contribution in [1.82, 2.24) is 19.4 Å². The van der Waals surface area contributed by atoms with Crippen LogP contribution in [0.25, 0.3) is 11.3 Å². The number of amides is 1. The number of carbonyl (C=O) groups is 1.